The highest BCUT2D eigenvalue weighted by atomic mass is 35.5. The molecule has 30 heavy (non-hydrogen) atoms. The van der Waals surface area contributed by atoms with Crippen molar-refractivity contribution >= 4 is 39.8 Å². The second-order valence-electron chi connectivity index (χ2n) is 6.55. The van der Waals surface area contributed by atoms with Gasteiger partial charge in [-0.3, -0.25) is 4.79 Å². The number of rotatable bonds is 5. The number of anilines is 2. The van der Waals surface area contributed by atoms with Gasteiger partial charge in [-0.1, -0.05) is 11.6 Å². The highest BCUT2D eigenvalue weighted by Gasteiger charge is 2.23. The molecule has 11 heteroatoms. The predicted molar refractivity (Wildman–Crippen MR) is 106 cm³/mol. The van der Waals surface area contributed by atoms with Crippen LogP contribution in [-0.4, -0.2) is 33.4 Å². The maximum atomic E-state index is 14.6. The van der Waals surface area contributed by atoms with Crippen molar-refractivity contribution in [1.82, 2.24) is 4.57 Å². The van der Waals surface area contributed by atoms with Crippen LogP contribution in [-0.2, 0) is 0 Å². The summed E-state index contributed by atoms with van der Waals surface area (Å²) >= 11 is 6.29. The Morgan fingerprint density at radius 2 is 1.90 bits per heavy atom. The molecule has 3 aromatic rings. The van der Waals surface area contributed by atoms with E-state index in [2.05, 4.69) is 5.32 Å². The predicted octanol–water partition coefficient (Wildman–Crippen LogP) is 3.13. The lowest BCUT2D eigenvalue weighted by molar-refractivity contribution is 0.0695. The van der Waals surface area contributed by atoms with Crippen molar-refractivity contribution in [2.24, 2.45) is 0 Å². The summed E-state index contributed by atoms with van der Waals surface area (Å²) in [5, 5.41) is 20.5. The number of nitrogens with one attached hydrogen (secondary N) is 1. The Labute approximate surface area is 172 Å². The summed E-state index contributed by atoms with van der Waals surface area (Å²) in [7, 11) is 0. The minimum absolute atomic E-state index is 0.0998. The van der Waals surface area contributed by atoms with E-state index in [1.807, 2.05) is 0 Å². The van der Waals surface area contributed by atoms with E-state index >= 15 is 0 Å². The lowest BCUT2D eigenvalue weighted by Gasteiger charge is -2.18. The molecular weight excluding hydrogens is 427 g/mol. The quantitative estimate of drug-likeness (QED) is 0.452. The van der Waals surface area contributed by atoms with E-state index in [9.17, 15) is 33.0 Å². The second-order valence-corrected chi connectivity index (χ2v) is 6.92. The van der Waals surface area contributed by atoms with Gasteiger partial charge < -0.3 is 25.8 Å². The van der Waals surface area contributed by atoms with Crippen LogP contribution in [0.15, 0.2) is 29.2 Å². The van der Waals surface area contributed by atoms with E-state index < -0.39 is 57.3 Å². The highest BCUT2D eigenvalue weighted by Crippen LogP contribution is 2.35. The molecule has 1 heterocycles. The molecule has 0 aliphatic rings. The monoisotopic (exact) mass is 441 g/mol. The third-order valence-electron chi connectivity index (χ3n) is 4.31. The van der Waals surface area contributed by atoms with Crippen LogP contribution in [0.2, 0.25) is 5.02 Å². The Kier molecular flexibility index (Phi) is 5.64. The third-order valence-corrected chi connectivity index (χ3v) is 4.68. The molecule has 0 spiro atoms. The number of nitrogen functional groups attached to an aromatic ring is 1. The molecule has 1 unspecified atom stereocenters. The number of aliphatic hydroxyl groups is 1. The number of carboxylic acid groups (broad SMARTS) is 1. The number of hydrogen-bond acceptors (Lipinski definition) is 5. The first-order chi connectivity index (χ1) is 14.0. The highest BCUT2D eigenvalue weighted by molar-refractivity contribution is 6.38. The summed E-state index contributed by atoms with van der Waals surface area (Å²) in [6.45, 7) is 1.34. The van der Waals surface area contributed by atoms with Crippen molar-refractivity contribution in [2.45, 2.75) is 13.0 Å². The van der Waals surface area contributed by atoms with E-state index in [1.54, 1.807) is 0 Å². The fraction of sp³-hybridized carbons (Fsp3) is 0.158. The van der Waals surface area contributed by atoms with Gasteiger partial charge in [0, 0.05) is 18.8 Å². The smallest absolute Gasteiger partial charge is 0.341 e. The van der Waals surface area contributed by atoms with Gasteiger partial charge in [0.1, 0.15) is 23.0 Å². The number of fused-ring (bicyclic) bond motifs is 1. The largest absolute Gasteiger partial charge is 0.477 e. The molecule has 0 fully saturated rings. The van der Waals surface area contributed by atoms with Crippen LogP contribution < -0.4 is 16.5 Å². The Morgan fingerprint density at radius 3 is 2.50 bits per heavy atom. The standard InChI is InChI=1S/C19H15ClF3N3O4/c1-7(27)5-25-16-12(23)2-8-17(15(16)20)26(6-9(18(8)28)19(29)30)14-4-13(24)10(21)3-11(14)22/h2-4,6-7,25,27H,5,24H2,1H3,(H,29,30). The first-order valence-electron chi connectivity index (χ1n) is 8.50. The lowest BCUT2D eigenvalue weighted by atomic mass is 10.1. The summed E-state index contributed by atoms with van der Waals surface area (Å²) in [4.78, 5) is 24.1. The first kappa shape index (κ1) is 21.5. The third kappa shape index (κ3) is 3.66. The van der Waals surface area contributed by atoms with Crippen molar-refractivity contribution in [2.75, 3.05) is 17.6 Å². The molecule has 0 amide bonds. The Hall–Kier alpha value is -3.24. The maximum absolute atomic E-state index is 14.6. The van der Waals surface area contributed by atoms with Gasteiger partial charge in [-0.2, -0.15) is 0 Å². The number of aromatic carboxylic acids is 1. The number of carboxylic acids is 1. The molecule has 2 aromatic carbocycles. The molecule has 0 saturated heterocycles. The Bertz CT molecular complexity index is 1240. The summed E-state index contributed by atoms with van der Waals surface area (Å²) in [6.07, 6.45) is -0.0765. The minimum Gasteiger partial charge on any atom is -0.477 e. The molecule has 0 aliphatic heterocycles. The van der Waals surface area contributed by atoms with E-state index in [1.165, 1.54) is 6.92 Å². The van der Waals surface area contributed by atoms with Gasteiger partial charge in [-0.05, 0) is 19.1 Å². The van der Waals surface area contributed by atoms with Gasteiger partial charge in [0.25, 0.3) is 0 Å². The number of hydrogen-bond donors (Lipinski definition) is 4. The number of benzene rings is 2. The molecule has 0 radical (unpaired) electrons. The first-order valence-corrected chi connectivity index (χ1v) is 8.88. The van der Waals surface area contributed by atoms with Crippen molar-refractivity contribution < 1.29 is 28.2 Å². The SMILES string of the molecule is CC(O)CNc1c(F)cc2c(=O)c(C(=O)O)cn(-c3cc(N)c(F)cc3F)c2c1Cl. The van der Waals surface area contributed by atoms with Crippen molar-refractivity contribution in [3.8, 4) is 5.69 Å². The van der Waals surface area contributed by atoms with Gasteiger partial charge >= 0.3 is 5.97 Å². The van der Waals surface area contributed by atoms with Gasteiger partial charge in [-0.25, -0.2) is 18.0 Å². The number of halogens is 4. The molecule has 7 nitrogen and oxygen atoms in total. The number of nitrogens with two attached hydrogens (primary N) is 1. The zero-order valence-electron chi connectivity index (χ0n) is 15.3. The molecule has 0 saturated carbocycles. The van der Waals surface area contributed by atoms with Crippen LogP contribution in [0.4, 0.5) is 24.5 Å². The average Bonchev–Trinajstić information content (AvgIpc) is 2.65. The fourth-order valence-corrected chi connectivity index (χ4v) is 3.26. The Balaban J connectivity index is 2.47. The fourth-order valence-electron chi connectivity index (χ4n) is 2.91. The van der Waals surface area contributed by atoms with Crippen LogP contribution in [0.5, 0.6) is 0 Å². The summed E-state index contributed by atoms with van der Waals surface area (Å²) in [6, 6.07) is 2.13. The summed E-state index contributed by atoms with van der Waals surface area (Å²) in [5.74, 6) is -4.80. The van der Waals surface area contributed by atoms with Gasteiger partial charge in [0.05, 0.1) is 39.1 Å². The average molecular weight is 442 g/mol. The normalized spacial score (nSPS) is 12.2. The van der Waals surface area contributed by atoms with E-state index in [-0.39, 0.29) is 22.8 Å². The van der Waals surface area contributed by atoms with Gasteiger partial charge in [0.15, 0.2) is 0 Å². The zero-order valence-corrected chi connectivity index (χ0v) is 16.1. The molecule has 5 N–H and O–H groups in total. The zero-order chi connectivity index (χ0) is 22.3. The minimum atomic E-state index is -1.64. The van der Waals surface area contributed by atoms with Gasteiger partial charge in [0.2, 0.25) is 5.43 Å². The summed E-state index contributed by atoms with van der Waals surface area (Å²) < 4.78 is 43.6. The number of carbonyl (C=O) groups is 1. The van der Waals surface area contributed by atoms with Crippen molar-refractivity contribution in [3.63, 3.8) is 0 Å². The maximum Gasteiger partial charge on any atom is 0.341 e. The number of nitrogens with zero attached hydrogens (tertiary/aromatic N) is 1. The number of aliphatic hydroxyl groups excluding tert-OH is 1. The van der Waals surface area contributed by atoms with Crippen LogP contribution in [0.1, 0.15) is 17.3 Å². The van der Waals surface area contributed by atoms with Crippen LogP contribution in [0.3, 0.4) is 0 Å². The second kappa shape index (κ2) is 7.88. The lowest BCUT2D eigenvalue weighted by Crippen LogP contribution is -2.21. The molecule has 3 rings (SSSR count). The van der Waals surface area contributed by atoms with Crippen LogP contribution >= 0.6 is 11.6 Å². The van der Waals surface area contributed by atoms with Gasteiger partial charge in [-0.15, -0.1) is 0 Å². The molecular formula is C19H15ClF3N3O4. The molecule has 158 valence electrons. The van der Waals surface area contributed by atoms with Crippen LogP contribution in [0, 0.1) is 17.5 Å². The van der Waals surface area contributed by atoms with E-state index in [0.29, 0.717) is 6.07 Å². The Morgan fingerprint density at radius 1 is 1.23 bits per heavy atom. The molecule has 1 aromatic heterocycles. The van der Waals surface area contributed by atoms with Crippen LogP contribution in [0.25, 0.3) is 16.6 Å². The van der Waals surface area contributed by atoms with E-state index in [0.717, 1.165) is 22.9 Å². The summed E-state index contributed by atoms with van der Waals surface area (Å²) in [5.41, 5.74) is 2.29. The van der Waals surface area contributed by atoms with Crippen molar-refractivity contribution in [1.29, 1.82) is 0 Å². The molecule has 1 atom stereocenters. The number of pyridine rings is 1. The topological polar surface area (TPSA) is 118 Å². The number of aromatic nitrogens is 1. The molecule has 0 bridgehead atoms. The van der Waals surface area contributed by atoms with E-state index in [4.69, 9.17) is 17.3 Å². The molecule has 0 aliphatic carbocycles. The van der Waals surface area contributed by atoms with Crippen molar-refractivity contribution in [3.05, 3.63) is 62.7 Å².